The van der Waals surface area contributed by atoms with Crippen LogP contribution in [0.5, 0.6) is 0 Å². The third kappa shape index (κ3) is 7.80. The standard InChI is InChI=1S/C24H19N3O6S2.2Na/c25-22-13-9-18-14-20(34(28,29)30)11-12-21(18)24(22)27-26-19-10-8-17(23(15-19)35(31,32)33)7-6-16-4-2-1-3-5-16;;/h1-15H,25H2,(H,28,29,30)(H,31,32,33);;/q;2*+1/p-2/b7-6+,27-26?;;. The van der Waals surface area contributed by atoms with Crippen LogP contribution in [-0.4, -0.2) is 25.9 Å². The average molecular weight is 554 g/mol. The van der Waals surface area contributed by atoms with E-state index in [9.17, 15) is 25.9 Å². The molecular formula is C24H17N3Na2O6S2. The molecule has 0 aliphatic rings. The van der Waals surface area contributed by atoms with Gasteiger partial charge in [0.05, 0.1) is 21.2 Å². The van der Waals surface area contributed by atoms with E-state index in [1.165, 1.54) is 42.5 Å². The van der Waals surface area contributed by atoms with Crippen molar-refractivity contribution in [2.24, 2.45) is 10.2 Å². The van der Waals surface area contributed by atoms with Crippen molar-refractivity contribution < 1.29 is 85.1 Å². The molecule has 0 heterocycles. The van der Waals surface area contributed by atoms with Crippen LogP contribution in [0.2, 0.25) is 0 Å². The zero-order valence-electron chi connectivity index (χ0n) is 19.9. The Labute approximate surface area is 258 Å². The van der Waals surface area contributed by atoms with Gasteiger partial charge in [0, 0.05) is 5.39 Å². The van der Waals surface area contributed by atoms with Crippen LogP contribution in [0.25, 0.3) is 22.9 Å². The first-order valence-corrected chi connectivity index (χ1v) is 12.9. The second-order valence-electron chi connectivity index (χ2n) is 7.46. The molecule has 4 rings (SSSR count). The summed E-state index contributed by atoms with van der Waals surface area (Å²) in [6.07, 6.45) is 3.20. The van der Waals surface area contributed by atoms with Crippen molar-refractivity contribution in [1.29, 1.82) is 0 Å². The number of rotatable bonds is 6. The number of nitrogens with two attached hydrogens (primary N) is 1. The van der Waals surface area contributed by atoms with E-state index in [4.69, 9.17) is 5.73 Å². The quantitative estimate of drug-likeness (QED) is 0.103. The number of benzene rings is 4. The number of nitrogens with zero attached hydrogens (tertiary/aromatic N) is 2. The molecule has 0 atom stereocenters. The van der Waals surface area contributed by atoms with Gasteiger partial charge >= 0.3 is 59.1 Å². The molecule has 0 radical (unpaired) electrons. The number of azo groups is 1. The Kier molecular flexibility index (Phi) is 10.8. The minimum Gasteiger partial charge on any atom is -0.744 e. The van der Waals surface area contributed by atoms with Gasteiger partial charge in [0.1, 0.15) is 25.9 Å². The molecule has 4 aromatic carbocycles. The Morgan fingerprint density at radius 2 is 1.43 bits per heavy atom. The maximum atomic E-state index is 11.9. The normalized spacial score (nSPS) is 11.9. The van der Waals surface area contributed by atoms with Gasteiger partial charge in [0.2, 0.25) is 0 Å². The van der Waals surface area contributed by atoms with E-state index >= 15 is 0 Å². The molecular weight excluding hydrogens is 536 g/mol. The van der Waals surface area contributed by atoms with Crippen LogP contribution in [0.3, 0.4) is 0 Å². The molecule has 0 spiro atoms. The summed E-state index contributed by atoms with van der Waals surface area (Å²) in [5.74, 6) is 0. The Bertz CT molecular complexity index is 1710. The fourth-order valence-electron chi connectivity index (χ4n) is 3.37. The molecule has 37 heavy (non-hydrogen) atoms. The van der Waals surface area contributed by atoms with Gasteiger partial charge in [-0.1, -0.05) is 60.7 Å². The first-order valence-electron chi connectivity index (χ1n) is 10.1. The Morgan fingerprint density at radius 3 is 2.08 bits per heavy atom. The van der Waals surface area contributed by atoms with Gasteiger partial charge in [-0.3, -0.25) is 0 Å². The first kappa shape index (κ1) is 31.3. The van der Waals surface area contributed by atoms with E-state index in [0.717, 1.165) is 17.7 Å². The van der Waals surface area contributed by atoms with Crippen molar-refractivity contribution in [3.05, 3.63) is 90.0 Å². The van der Waals surface area contributed by atoms with E-state index in [2.05, 4.69) is 10.2 Å². The third-order valence-corrected chi connectivity index (χ3v) is 6.79. The molecule has 0 aliphatic carbocycles. The molecule has 13 heteroatoms. The summed E-state index contributed by atoms with van der Waals surface area (Å²) in [4.78, 5) is -0.862. The number of anilines is 1. The number of nitrogen functional groups attached to an aromatic ring is 1. The van der Waals surface area contributed by atoms with Gasteiger partial charge < -0.3 is 14.8 Å². The predicted octanol–water partition coefficient (Wildman–Crippen LogP) is -1.18. The summed E-state index contributed by atoms with van der Waals surface area (Å²) < 4.78 is 69.5. The van der Waals surface area contributed by atoms with Crippen molar-refractivity contribution >= 4 is 60.2 Å². The molecule has 4 aromatic rings. The minimum absolute atomic E-state index is 0. The summed E-state index contributed by atoms with van der Waals surface area (Å²) in [7, 11) is -9.46. The van der Waals surface area contributed by atoms with Crippen molar-refractivity contribution in [3.63, 3.8) is 0 Å². The molecule has 178 valence electrons. The zero-order valence-corrected chi connectivity index (χ0v) is 25.5. The molecule has 0 amide bonds. The average Bonchev–Trinajstić information content (AvgIpc) is 2.81. The molecule has 0 aromatic heterocycles. The van der Waals surface area contributed by atoms with Gasteiger partial charge in [-0.05, 0) is 46.8 Å². The Hall–Kier alpha value is -1.90. The van der Waals surface area contributed by atoms with Crippen molar-refractivity contribution in [2.45, 2.75) is 9.79 Å². The molecule has 0 saturated carbocycles. The molecule has 2 N–H and O–H groups in total. The van der Waals surface area contributed by atoms with Gasteiger partial charge in [-0.15, -0.1) is 5.11 Å². The fourth-order valence-corrected chi connectivity index (χ4v) is 4.57. The molecule has 0 unspecified atom stereocenters. The largest absolute Gasteiger partial charge is 1.00 e. The maximum Gasteiger partial charge on any atom is 1.00 e. The van der Waals surface area contributed by atoms with Gasteiger partial charge in [0.15, 0.2) is 0 Å². The summed E-state index contributed by atoms with van der Waals surface area (Å²) in [5, 5.41) is 8.96. The third-order valence-electron chi connectivity index (χ3n) is 5.07. The predicted molar refractivity (Wildman–Crippen MR) is 130 cm³/mol. The van der Waals surface area contributed by atoms with Gasteiger partial charge in [-0.2, -0.15) is 5.11 Å². The molecule has 9 nitrogen and oxygen atoms in total. The summed E-state index contributed by atoms with van der Waals surface area (Å²) in [6, 6.07) is 19.9. The summed E-state index contributed by atoms with van der Waals surface area (Å²) >= 11 is 0. The van der Waals surface area contributed by atoms with E-state index in [0.29, 0.717) is 10.8 Å². The first-order chi connectivity index (χ1) is 16.5. The number of hydrogen-bond donors (Lipinski definition) is 1. The van der Waals surface area contributed by atoms with Crippen LogP contribution in [0.15, 0.2) is 98.9 Å². The van der Waals surface area contributed by atoms with Gasteiger partial charge in [0.25, 0.3) is 0 Å². The van der Waals surface area contributed by atoms with Crippen LogP contribution in [0.1, 0.15) is 11.1 Å². The number of hydrogen-bond acceptors (Lipinski definition) is 9. The van der Waals surface area contributed by atoms with Crippen LogP contribution in [-0.2, 0) is 20.2 Å². The van der Waals surface area contributed by atoms with E-state index in [1.54, 1.807) is 6.08 Å². The second-order valence-corrected chi connectivity index (χ2v) is 10.2. The van der Waals surface area contributed by atoms with Crippen LogP contribution in [0.4, 0.5) is 17.1 Å². The number of fused-ring (bicyclic) bond motifs is 1. The molecule has 0 aliphatic heterocycles. The van der Waals surface area contributed by atoms with E-state index < -0.39 is 30.0 Å². The van der Waals surface area contributed by atoms with E-state index in [-0.39, 0.29) is 81.7 Å². The summed E-state index contributed by atoms with van der Waals surface area (Å²) in [5.41, 5.74) is 7.52. The summed E-state index contributed by atoms with van der Waals surface area (Å²) in [6.45, 7) is 0. The van der Waals surface area contributed by atoms with Crippen LogP contribution in [0, 0.1) is 0 Å². The monoisotopic (exact) mass is 553 g/mol. The van der Waals surface area contributed by atoms with Crippen molar-refractivity contribution in [3.8, 4) is 0 Å². The Balaban J connectivity index is 0.00000241. The van der Waals surface area contributed by atoms with Crippen molar-refractivity contribution in [1.82, 2.24) is 0 Å². The molecule has 0 saturated heterocycles. The zero-order chi connectivity index (χ0) is 25.2. The van der Waals surface area contributed by atoms with Crippen molar-refractivity contribution in [2.75, 3.05) is 5.73 Å². The SMILES string of the molecule is Nc1ccc2cc(S(=O)(=O)[O-])ccc2c1N=Nc1ccc(/C=C/c2ccccc2)c(S(=O)(=O)[O-])c1.[Na+].[Na+]. The van der Waals surface area contributed by atoms with Crippen LogP contribution >= 0.6 is 0 Å². The topological polar surface area (TPSA) is 165 Å². The smallest absolute Gasteiger partial charge is 0.744 e. The van der Waals surface area contributed by atoms with E-state index in [1.807, 2.05) is 30.3 Å². The molecule has 0 bridgehead atoms. The van der Waals surface area contributed by atoms with Gasteiger partial charge in [-0.25, -0.2) is 16.8 Å². The van der Waals surface area contributed by atoms with Crippen LogP contribution < -0.4 is 64.8 Å². The minimum atomic E-state index is -4.82. The Morgan fingerprint density at radius 1 is 0.730 bits per heavy atom. The maximum absolute atomic E-state index is 11.9. The fraction of sp³-hybridized carbons (Fsp3) is 0. The molecule has 0 fully saturated rings. The second kappa shape index (κ2) is 12.8.